The highest BCUT2D eigenvalue weighted by atomic mass is 16.3. The van der Waals surface area contributed by atoms with Gasteiger partial charge in [0, 0.05) is 11.1 Å². The monoisotopic (exact) mass is 534 g/mol. The van der Waals surface area contributed by atoms with Crippen LogP contribution in [-0.2, 0) is 25.7 Å². The van der Waals surface area contributed by atoms with Crippen molar-refractivity contribution in [3.63, 3.8) is 0 Å². The van der Waals surface area contributed by atoms with Gasteiger partial charge in [0.25, 0.3) is 0 Å². The van der Waals surface area contributed by atoms with Crippen molar-refractivity contribution < 1.29 is 5.11 Å². The van der Waals surface area contributed by atoms with E-state index < -0.39 is 0 Å². The first-order valence-corrected chi connectivity index (χ1v) is 15.1. The zero-order valence-corrected chi connectivity index (χ0v) is 24.6. The maximum atomic E-state index is 12.2. The molecule has 0 atom stereocenters. The van der Waals surface area contributed by atoms with Crippen molar-refractivity contribution >= 4 is 21.5 Å². The van der Waals surface area contributed by atoms with E-state index in [4.69, 9.17) is 0 Å². The summed E-state index contributed by atoms with van der Waals surface area (Å²) >= 11 is 0. The van der Waals surface area contributed by atoms with Gasteiger partial charge in [-0.2, -0.15) is 0 Å². The summed E-state index contributed by atoms with van der Waals surface area (Å²) < 4.78 is 0. The maximum absolute atomic E-state index is 12.2. The molecule has 0 aliphatic rings. The Morgan fingerprint density at radius 2 is 0.902 bits per heavy atom. The van der Waals surface area contributed by atoms with E-state index in [0.29, 0.717) is 5.75 Å². The van der Waals surface area contributed by atoms with Crippen LogP contribution in [0, 0.1) is 0 Å². The second-order valence-electron chi connectivity index (χ2n) is 11.1. The minimum absolute atomic E-state index is 0.345. The van der Waals surface area contributed by atoms with Gasteiger partial charge in [-0.05, 0) is 110 Å². The number of phenols is 1. The molecule has 6 rings (SSSR count). The van der Waals surface area contributed by atoms with Gasteiger partial charge in [0.15, 0.2) is 0 Å². The lowest BCUT2D eigenvalue weighted by Gasteiger charge is -2.19. The van der Waals surface area contributed by atoms with Crippen LogP contribution in [0.3, 0.4) is 0 Å². The summed E-state index contributed by atoms with van der Waals surface area (Å²) in [6, 6.07) is 37.5. The van der Waals surface area contributed by atoms with Crippen molar-refractivity contribution in [3.05, 3.63) is 125 Å². The molecule has 0 spiro atoms. The Hall–Kier alpha value is -4.36. The molecular weight excluding hydrogens is 496 g/mol. The third-order valence-corrected chi connectivity index (χ3v) is 8.54. The van der Waals surface area contributed by atoms with Gasteiger partial charge in [0.05, 0.1) is 0 Å². The molecule has 0 heterocycles. The number of aryl methyl sites for hydroxylation is 4. The number of aromatic hydroxyl groups is 1. The molecule has 0 saturated heterocycles. The van der Waals surface area contributed by atoms with Gasteiger partial charge >= 0.3 is 0 Å². The molecule has 1 heteroatoms. The van der Waals surface area contributed by atoms with E-state index in [1.807, 2.05) is 0 Å². The predicted molar refractivity (Wildman–Crippen MR) is 177 cm³/mol. The first-order valence-electron chi connectivity index (χ1n) is 15.1. The summed E-state index contributed by atoms with van der Waals surface area (Å²) in [5.74, 6) is 0.345. The molecule has 0 aliphatic carbocycles. The van der Waals surface area contributed by atoms with Gasteiger partial charge in [-0.3, -0.25) is 0 Å². The fraction of sp³-hybridized carbons (Fsp3) is 0.200. The van der Waals surface area contributed by atoms with Crippen LogP contribution in [0.2, 0.25) is 0 Å². The minimum Gasteiger partial charge on any atom is -0.507 e. The Bertz CT molecular complexity index is 1850. The first kappa shape index (κ1) is 26.8. The summed E-state index contributed by atoms with van der Waals surface area (Å²) in [6.45, 7) is 8.83. The van der Waals surface area contributed by atoms with Gasteiger partial charge in [-0.1, -0.05) is 113 Å². The second-order valence-corrected chi connectivity index (χ2v) is 11.1. The normalized spacial score (nSPS) is 11.4. The average Bonchev–Trinajstić information content (AvgIpc) is 3.03. The highest BCUT2D eigenvalue weighted by molar-refractivity contribution is 6.11. The fourth-order valence-corrected chi connectivity index (χ4v) is 6.18. The van der Waals surface area contributed by atoms with Crippen LogP contribution < -0.4 is 0 Å². The number of hydrogen-bond acceptors (Lipinski definition) is 1. The third-order valence-electron chi connectivity index (χ3n) is 8.54. The number of hydrogen-bond donors (Lipinski definition) is 1. The zero-order chi connectivity index (χ0) is 28.5. The van der Waals surface area contributed by atoms with E-state index >= 15 is 0 Å². The Morgan fingerprint density at radius 1 is 0.439 bits per heavy atom. The van der Waals surface area contributed by atoms with Crippen LogP contribution in [0.1, 0.15) is 49.9 Å². The standard InChI is InChI=1S/C40H38O/c1-5-26-17-27(6-2)20-32(19-26)33-23-30-13-9-11-15-35(30)38(25-33)39-36-16-12-10-14-31(36)24-37(40(39)41)34-21-28(7-3)18-29(8-4)22-34/h9-25,41H,5-8H2,1-4H3. The van der Waals surface area contributed by atoms with Crippen LogP contribution in [0.5, 0.6) is 5.75 Å². The minimum atomic E-state index is 0.345. The van der Waals surface area contributed by atoms with E-state index in [0.717, 1.165) is 64.1 Å². The SMILES string of the molecule is CCc1cc(CC)cc(-c2cc(-c3c(O)c(-c4cc(CC)cc(CC)c4)cc4ccccc34)c3ccccc3c2)c1. The molecule has 0 aromatic heterocycles. The highest BCUT2D eigenvalue weighted by Gasteiger charge is 2.19. The molecule has 1 N–H and O–H groups in total. The van der Waals surface area contributed by atoms with Crippen molar-refractivity contribution in [2.75, 3.05) is 0 Å². The largest absolute Gasteiger partial charge is 0.507 e. The van der Waals surface area contributed by atoms with Crippen molar-refractivity contribution in [1.82, 2.24) is 0 Å². The topological polar surface area (TPSA) is 20.2 Å². The highest BCUT2D eigenvalue weighted by Crippen LogP contribution is 2.47. The van der Waals surface area contributed by atoms with Gasteiger partial charge in [0.1, 0.15) is 5.75 Å². The van der Waals surface area contributed by atoms with Gasteiger partial charge in [0.2, 0.25) is 0 Å². The summed E-state index contributed by atoms with van der Waals surface area (Å²) in [5, 5.41) is 16.7. The van der Waals surface area contributed by atoms with E-state index in [1.54, 1.807) is 0 Å². The lowest BCUT2D eigenvalue weighted by atomic mass is 9.86. The van der Waals surface area contributed by atoms with Crippen molar-refractivity contribution in [1.29, 1.82) is 0 Å². The lowest BCUT2D eigenvalue weighted by molar-refractivity contribution is 0.480. The Balaban J connectivity index is 1.69. The smallest absolute Gasteiger partial charge is 0.131 e. The number of rotatable bonds is 7. The quantitative estimate of drug-likeness (QED) is 0.216. The maximum Gasteiger partial charge on any atom is 0.131 e. The molecular formula is C40H38O. The summed E-state index contributed by atoms with van der Waals surface area (Å²) in [5.41, 5.74) is 11.6. The first-order chi connectivity index (χ1) is 20.0. The second kappa shape index (κ2) is 11.3. The molecule has 6 aromatic rings. The van der Waals surface area contributed by atoms with Crippen molar-refractivity contribution in [2.24, 2.45) is 0 Å². The molecule has 6 aromatic carbocycles. The third kappa shape index (κ3) is 5.02. The van der Waals surface area contributed by atoms with E-state index in [-0.39, 0.29) is 0 Å². The van der Waals surface area contributed by atoms with Crippen LogP contribution in [0.25, 0.3) is 54.9 Å². The molecule has 0 unspecified atom stereocenters. The predicted octanol–water partition coefficient (Wildman–Crippen LogP) is 10.9. The number of phenolic OH excluding ortho intramolecular Hbond substituents is 1. The molecule has 0 saturated carbocycles. The van der Waals surface area contributed by atoms with Crippen LogP contribution in [0.4, 0.5) is 0 Å². The van der Waals surface area contributed by atoms with E-state index in [2.05, 4.69) is 131 Å². The number of fused-ring (bicyclic) bond motifs is 2. The molecule has 41 heavy (non-hydrogen) atoms. The fourth-order valence-electron chi connectivity index (χ4n) is 6.18. The Kier molecular flexibility index (Phi) is 7.37. The summed E-state index contributed by atoms with van der Waals surface area (Å²) in [6.07, 6.45) is 3.94. The summed E-state index contributed by atoms with van der Waals surface area (Å²) in [4.78, 5) is 0. The molecule has 0 radical (unpaired) electrons. The van der Waals surface area contributed by atoms with Crippen molar-refractivity contribution in [3.8, 4) is 39.1 Å². The number of benzene rings is 6. The Labute approximate surface area is 244 Å². The van der Waals surface area contributed by atoms with Gasteiger partial charge < -0.3 is 5.11 Å². The Morgan fingerprint density at radius 3 is 1.46 bits per heavy atom. The van der Waals surface area contributed by atoms with Gasteiger partial charge in [-0.15, -0.1) is 0 Å². The average molecular weight is 535 g/mol. The van der Waals surface area contributed by atoms with E-state index in [9.17, 15) is 5.11 Å². The molecule has 0 bridgehead atoms. The molecule has 0 aliphatic heterocycles. The van der Waals surface area contributed by atoms with E-state index in [1.165, 1.54) is 38.8 Å². The van der Waals surface area contributed by atoms with Gasteiger partial charge in [-0.25, -0.2) is 0 Å². The lowest BCUT2D eigenvalue weighted by Crippen LogP contribution is -1.93. The molecule has 204 valence electrons. The van der Waals surface area contributed by atoms with Crippen LogP contribution in [0.15, 0.2) is 103 Å². The van der Waals surface area contributed by atoms with Crippen LogP contribution in [-0.4, -0.2) is 5.11 Å². The van der Waals surface area contributed by atoms with Crippen LogP contribution >= 0.6 is 0 Å². The summed E-state index contributed by atoms with van der Waals surface area (Å²) in [7, 11) is 0. The molecule has 1 nitrogen and oxygen atoms in total. The zero-order valence-electron chi connectivity index (χ0n) is 24.6. The molecule has 0 fully saturated rings. The van der Waals surface area contributed by atoms with Crippen molar-refractivity contribution in [2.45, 2.75) is 53.4 Å². The molecule has 0 amide bonds.